The highest BCUT2D eigenvalue weighted by atomic mass is 19.4. The molecule has 36 heavy (non-hydrogen) atoms. The largest absolute Gasteiger partial charge is 0.573 e. The van der Waals surface area contributed by atoms with Gasteiger partial charge in [-0.05, 0) is 52.6 Å². The molecule has 188 valence electrons. The third-order valence-electron chi connectivity index (χ3n) is 5.25. The number of carbonyl (C=O) groups excluding carboxylic acids is 2. The van der Waals surface area contributed by atoms with Gasteiger partial charge in [-0.15, -0.1) is 13.2 Å². The first kappa shape index (κ1) is 26.5. The predicted octanol–water partition coefficient (Wildman–Crippen LogP) is 6.63. The van der Waals surface area contributed by atoms with E-state index in [1.54, 1.807) is 41.3 Å². The second-order valence-corrected chi connectivity index (χ2v) is 8.30. The maximum absolute atomic E-state index is 13.0. The van der Waals surface area contributed by atoms with Crippen LogP contribution in [-0.2, 0) is 20.9 Å². The summed E-state index contributed by atoms with van der Waals surface area (Å²) in [5.41, 5.74) is 3.52. The number of ether oxygens (including phenoxy) is 2. The van der Waals surface area contributed by atoms with E-state index < -0.39 is 12.3 Å². The predicted molar refractivity (Wildman–Crippen MR) is 132 cm³/mol. The number of methoxy groups -OCH3 is 1. The van der Waals surface area contributed by atoms with Gasteiger partial charge in [-0.1, -0.05) is 62.4 Å². The Morgan fingerprint density at radius 2 is 1.64 bits per heavy atom. The van der Waals surface area contributed by atoms with Crippen molar-refractivity contribution in [3.05, 3.63) is 90.0 Å². The fourth-order valence-electron chi connectivity index (χ4n) is 3.49. The SMILES string of the molecule is COC(=O)/C=C/c1cccc(N(Cc2ccc(-c3cccc(OC(F)(F)F)c3)cc2)C(=O)C(C)C)c1. The number of carbonyl (C=O) groups is 2. The van der Waals surface area contributed by atoms with Crippen molar-refractivity contribution in [1.82, 2.24) is 0 Å². The molecule has 0 fully saturated rings. The van der Waals surface area contributed by atoms with E-state index in [2.05, 4.69) is 9.47 Å². The lowest BCUT2D eigenvalue weighted by molar-refractivity contribution is -0.274. The van der Waals surface area contributed by atoms with Crippen LogP contribution in [0.5, 0.6) is 5.75 Å². The number of amides is 1. The maximum Gasteiger partial charge on any atom is 0.573 e. The van der Waals surface area contributed by atoms with Crippen LogP contribution in [0.1, 0.15) is 25.0 Å². The number of anilines is 1. The lowest BCUT2D eigenvalue weighted by Gasteiger charge is -2.25. The topological polar surface area (TPSA) is 55.8 Å². The van der Waals surface area contributed by atoms with Crippen LogP contribution in [0.25, 0.3) is 17.2 Å². The summed E-state index contributed by atoms with van der Waals surface area (Å²) in [6.07, 6.45) is -1.85. The van der Waals surface area contributed by atoms with Crippen molar-refractivity contribution in [3.63, 3.8) is 0 Å². The molecule has 0 aliphatic carbocycles. The third kappa shape index (κ3) is 7.46. The van der Waals surface area contributed by atoms with Crippen molar-refractivity contribution < 1.29 is 32.2 Å². The van der Waals surface area contributed by atoms with E-state index in [1.807, 2.05) is 38.1 Å². The van der Waals surface area contributed by atoms with Crippen LogP contribution in [0.4, 0.5) is 18.9 Å². The first-order valence-electron chi connectivity index (χ1n) is 11.2. The molecular weight excluding hydrogens is 471 g/mol. The van der Waals surface area contributed by atoms with Crippen LogP contribution in [0.15, 0.2) is 78.9 Å². The van der Waals surface area contributed by atoms with Gasteiger partial charge in [0, 0.05) is 17.7 Å². The quantitative estimate of drug-likeness (QED) is 0.259. The average Bonchev–Trinajstić information content (AvgIpc) is 2.85. The smallest absolute Gasteiger partial charge is 0.466 e. The molecular formula is C28H26F3NO4. The number of benzene rings is 3. The molecule has 0 atom stereocenters. The van der Waals surface area contributed by atoms with E-state index in [-0.39, 0.29) is 17.6 Å². The third-order valence-corrected chi connectivity index (χ3v) is 5.25. The molecule has 3 rings (SSSR count). The zero-order valence-electron chi connectivity index (χ0n) is 20.1. The summed E-state index contributed by atoms with van der Waals surface area (Å²) in [6.45, 7) is 3.92. The Kier molecular flexibility index (Phi) is 8.53. The lowest BCUT2D eigenvalue weighted by atomic mass is 10.0. The molecule has 3 aromatic rings. The zero-order chi connectivity index (χ0) is 26.3. The Morgan fingerprint density at radius 3 is 2.28 bits per heavy atom. The number of esters is 1. The second-order valence-electron chi connectivity index (χ2n) is 8.30. The molecule has 0 saturated carbocycles. The van der Waals surface area contributed by atoms with Gasteiger partial charge < -0.3 is 14.4 Å². The summed E-state index contributed by atoms with van der Waals surface area (Å²) >= 11 is 0. The molecule has 0 aliphatic heterocycles. The van der Waals surface area contributed by atoms with Crippen molar-refractivity contribution in [2.24, 2.45) is 5.92 Å². The average molecular weight is 498 g/mol. The standard InChI is InChI=1S/C28H26F3NO4/c1-19(2)27(34)32(24-8-4-6-20(16-24)12-15-26(33)35-3)18-21-10-13-22(14-11-21)23-7-5-9-25(17-23)36-28(29,30)31/h4-17,19H,18H2,1-3H3/b15-12+. The minimum absolute atomic E-state index is 0.0785. The van der Waals surface area contributed by atoms with Crippen LogP contribution in [0.3, 0.4) is 0 Å². The van der Waals surface area contributed by atoms with Crippen molar-refractivity contribution >= 4 is 23.6 Å². The highest BCUT2D eigenvalue weighted by molar-refractivity contribution is 5.95. The van der Waals surface area contributed by atoms with E-state index in [0.717, 1.165) is 11.1 Å². The number of alkyl halides is 3. The van der Waals surface area contributed by atoms with Crippen LogP contribution >= 0.6 is 0 Å². The minimum Gasteiger partial charge on any atom is -0.466 e. The van der Waals surface area contributed by atoms with Crippen LogP contribution in [-0.4, -0.2) is 25.3 Å². The van der Waals surface area contributed by atoms with E-state index in [4.69, 9.17) is 0 Å². The van der Waals surface area contributed by atoms with Crippen molar-refractivity contribution in [2.75, 3.05) is 12.0 Å². The summed E-state index contributed by atoms with van der Waals surface area (Å²) < 4.78 is 46.3. The summed E-state index contributed by atoms with van der Waals surface area (Å²) in [5, 5.41) is 0. The van der Waals surface area contributed by atoms with Gasteiger partial charge in [0.15, 0.2) is 0 Å². The Balaban J connectivity index is 1.84. The molecule has 0 heterocycles. The fraction of sp³-hybridized carbons (Fsp3) is 0.214. The Bertz CT molecular complexity index is 1230. The second kappa shape index (κ2) is 11.6. The van der Waals surface area contributed by atoms with Crippen molar-refractivity contribution in [3.8, 4) is 16.9 Å². The number of hydrogen-bond acceptors (Lipinski definition) is 4. The fourth-order valence-corrected chi connectivity index (χ4v) is 3.49. The van der Waals surface area contributed by atoms with Gasteiger partial charge in [0.1, 0.15) is 5.75 Å². The number of rotatable bonds is 8. The minimum atomic E-state index is -4.76. The van der Waals surface area contributed by atoms with Crippen LogP contribution in [0.2, 0.25) is 0 Å². The van der Waals surface area contributed by atoms with E-state index >= 15 is 0 Å². The summed E-state index contributed by atoms with van der Waals surface area (Å²) in [4.78, 5) is 26.1. The summed E-state index contributed by atoms with van der Waals surface area (Å²) in [6, 6.07) is 20.2. The number of hydrogen-bond donors (Lipinski definition) is 0. The van der Waals surface area contributed by atoms with Gasteiger partial charge >= 0.3 is 12.3 Å². The van der Waals surface area contributed by atoms with Crippen molar-refractivity contribution in [1.29, 1.82) is 0 Å². The summed E-state index contributed by atoms with van der Waals surface area (Å²) in [7, 11) is 1.30. The van der Waals surface area contributed by atoms with Gasteiger partial charge in [-0.25, -0.2) is 4.79 Å². The van der Waals surface area contributed by atoms with E-state index in [9.17, 15) is 22.8 Å². The normalized spacial score (nSPS) is 11.5. The molecule has 0 aliphatic rings. The van der Waals surface area contributed by atoms with Crippen LogP contribution in [0, 0.1) is 5.92 Å². The molecule has 5 nitrogen and oxygen atoms in total. The zero-order valence-corrected chi connectivity index (χ0v) is 20.1. The Labute approximate surface area is 207 Å². The first-order chi connectivity index (χ1) is 17.1. The Hall–Kier alpha value is -4.07. The molecule has 0 bridgehead atoms. The molecule has 0 aromatic heterocycles. The van der Waals surface area contributed by atoms with Crippen molar-refractivity contribution in [2.45, 2.75) is 26.8 Å². The van der Waals surface area contributed by atoms with Crippen LogP contribution < -0.4 is 9.64 Å². The lowest BCUT2D eigenvalue weighted by Crippen LogP contribution is -2.33. The molecule has 8 heteroatoms. The highest BCUT2D eigenvalue weighted by Crippen LogP contribution is 2.29. The van der Waals surface area contributed by atoms with Gasteiger partial charge in [-0.2, -0.15) is 0 Å². The molecule has 0 spiro atoms. The first-order valence-corrected chi connectivity index (χ1v) is 11.2. The Morgan fingerprint density at radius 1 is 0.944 bits per heavy atom. The molecule has 0 radical (unpaired) electrons. The van der Waals surface area contributed by atoms with Gasteiger partial charge in [0.25, 0.3) is 0 Å². The molecule has 0 saturated heterocycles. The van der Waals surface area contributed by atoms with E-state index in [1.165, 1.54) is 31.4 Å². The molecule has 0 unspecified atom stereocenters. The summed E-state index contributed by atoms with van der Waals surface area (Å²) in [5.74, 6) is -1.11. The van der Waals surface area contributed by atoms with E-state index in [0.29, 0.717) is 23.4 Å². The monoisotopic (exact) mass is 497 g/mol. The highest BCUT2D eigenvalue weighted by Gasteiger charge is 2.31. The van der Waals surface area contributed by atoms with Gasteiger partial charge in [-0.3, -0.25) is 4.79 Å². The maximum atomic E-state index is 13.0. The number of halogens is 3. The molecule has 0 N–H and O–H groups in total. The molecule has 3 aromatic carbocycles. The number of nitrogens with zero attached hydrogens (tertiary/aromatic N) is 1. The van der Waals surface area contributed by atoms with Gasteiger partial charge in [0.05, 0.1) is 13.7 Å². The van der Waals surface area contributed by atoms with Gasteiger partial charge in [0.2, 0.25) is 5.91 Å². The molecule has 1 amide bonds.